The van der Waals surface area contributed by atoms with Gasteiger partial charge in [0.1, 0.15) is 32.2 Å². The Hall–Kier alpha value is -2.22. The molecule has 1 aliphatic carbocycles. The van der Waals surface area contributed by atoms with Crippen molar-refractivity contribution in [1.29, 1.82) is 0 Å². The van der Waals surface area contributed by atoms with Crippen LogP contribution in [-0.4, -0.2) is 62.6 Å². The molecule has 0 aromatic rings. The Morgan fingerprint density at radius 1 is 1.02 bits per heavy atom. The third-order valence-electron chi connectivity index (χ3n) is 8.79. The van der Waals surface area contributed by atoms with E-state index in [1.54, 1.807) is 13.2 Å². The summed E-state index contributed by atoms with van der Waals surface area (Å²) in [5.41, 5.74) is 1.80. The van der Waals surface area contributed by atoms with Crippen LogP contribution in [-0.2, 0) is 14.3 Å². The molecule has 50 heavy (non-hydrogen) atoms. The van der Waals surface area contributed by atoms with Crippen LogP contribution < -0.4 is 0 Å². The maximum Gasteiger partial charge on any atom is 0.309 e. The van der Waals surface area contributed by atoms with E-state index in [0.717, 1.165) is 44.3 Å². The van der Waals surface area contributed by atoms with Crippen molar-refractivity contribution in [1.82, 2.24) is 4.90 Å². The Balaban J connectivity index is 0. The number of hydrogen-bond acceptors (Lipinski definition) is 5. The number of esters is 1. The van der Waals surface area contributed by atoms with E-state index in [1.165, 1.54) is 38.2 Å². The Kier molecular flexibility index (Phi) is 28.3. The summed E-state index contributed by atoms with van der Waals surface area (Å²) in [6.07, 6.45) is 15.6. The van der Waals surface area contributed by atoms with Gasteiger partial charge in [-0.1, -0.05) is 92.1 Å². The second kappa shape index (κ2) is 28.4. The molecule has 0 N–H and O–H groups in total. The van der Waals surface area contributed by atoms with Gasteiger partial charge < -0.3 is 14.4 Å². The van der Waals surface area contributed by atoms with Crippen molar-refractivity contribution in [3.8, 4) is 0 Å². The Morgan fingerprint density at radius 2 is 1.64 bits per heavy atom. The molecule has 288 valence electrons. The highest BCUT2D eigenvalue weighted by Crippen LogP contribution is 2.30. The fourth-order valence-corrected chi connectivity index (χ4v) is 5.74. The zero-order chi connectivity index (χ0) is 38.9. The number of alkyl halides is 1. The smallest absolute Gasteiger partial charge is 0.309 e. The first-order chi connectivity index (χ1) is 23.5. The summed E-state index contributed by atoms with van der Waals surface area (Å²) in [4.78, 5) is 19.4. The molecule has 0 spiro atoms. The second-order valence-corrected chi connectivity index (χ2v) is 14.8. The molecule has 5 nitrogen and oxygen atoms in total. The fourth-order valence-electron chi connectivity index (χ4n) is 5.74. The van der Waals surface area contributed by atoms with E-state index in [9.17, 15) is 13.6 Å². The number of nitrogens with zero attached hydrogens (tertiary/aromatic N) is 2. The van der Waals surface area contributed by atoms with Crippen LogP contribution in [0, 0.1) is 17.8 Å². The van der Waals surface area contributed by atoms with Crippen LogP contribution in [0.5, 0.6) is 0 Å². The van der Waals surface area contributed by atoms with Gasteiger partial charge in [-0.2, -0.15) is 0 Å². The van der Waals surface area contributed by atoms with E-state index in [-0.39, 0.29) is 30.1 Å². The molecule has 0 bridgehead atoms. The summed E-state index contributed by atoms with van der Waals surface area (Å²) in [7, 11) is 7.37. The molecule has 0 aromatic heterocycles. The van der Waals surface area contributed by atoms with Crippen LogP contribution in [0.4, 0.5) is 8.78 Å². The van der Waals surface area contributed by atoms with E-state index in [1.807, 2.05) is 47.6 Å². The van der Waals surface area contributed by atoms with Crippen LogP contribution in [0.25, 0.3) is 0 Å². The van der Waals surface area contributed by atoms with E-state index in [4.69, 9.17) is 17.3 Å². The average Bonchev–Trinajstić information content (AvgIpc) is 3.05. The largest absolute Gasteiger partial charge is 0.460 e. The quantitative estimate of drug-likeness (QED) is 0.0548. The van der Waals surface area contributed by atoms with Crippen LogP contribution in [0.2, 0.25) is 0 Å². The number of halogens is 2. The topological polar surface area (TPSA) is 51.1 Å². The molecule has 0 saturated carbocycles. The molecule has 1 aliphatic rings. The molecule has 0 saturated heterocycles. The molecule has 0 aromatic carbocycles. The number of carbonyl (C=O) groups is 1. The van der Waals surface area contributed by atoms with Gasteiger partial charge in [0.15, 0.2) is 0 Å². The molecule has 2 radical (unpaired) electrons. The van der Waals surface area contributed by atoms with E-state index >= 15 is 0 Å². The summed E-state index contributed by atoms with van der Waals surface area (Å²) >= 11 is 0. The Morgan fingerprint density at radius 3 is 2.10 bits per heavy atom. The lowest BCUT2D eigenvalue weighted by Gasteiger charge is -2.38. The molecular formula is C42H75BF2N2O3. The molecule has 0 aliphatic heterocycles. The monoisotopic (exact) mass is 705 g/mol. The van der Waals surface area contributed by atoms with Crippen LogP contribution in [0.15, 0.2) is 52.4 Å². The van der Waals surface area contributed by atoms with Crippen molar-refractivity contribution in [2.45, 2.75) is 172 Å². The van der Waals surface area contributed by atoms with Gasteiger partial charge in [-0.05, 0) is 97.1 Å². The molecule has 8 heteroatoms. The van der Waals surface area contributed by atoms with Crippen molar-refractivity contribution in [3.63, 3.8) is 0 Å². The summed E-state index contributed by atoms with van der Waals surface area (Å²) in [6, 6.07) is 0.169. The summed E-state index contributed by atoms with van der Waals surface area (Å²) in [5.74, 6) is 0.151. The first-order valence-electron chi connectivity index (χ1n) is 19.3. The predicted octanol–water partition coefficient (Wildman–Crippen LogP) is 12.0. The minimum Gasteiger partial charge on any atom is -0.460 e. The number of allylic oxidation sites excluding steroid dienone is 7. The normalized spacial score (nSPS) is 17.2. The molecule has 4 atom stereocenters. The van der Waals surface area contributed by atoms with Crippen molar-refractivity contribution in [3.05, 3.63) is 47.4 Å². The Bertz CT molecular complexity index is 1060. The summed E-state index contributed by atoms with van der Waals surface area (Å²) in [6.45, 7) is 28.9. The number of hydrogen-bond donors (Lipinski definition) is 0. The first kappa shape index (κ1) is 49.9. The van der Waals surface area contributed by atoms with Crippen molar-refractivity contribution >= 4 is 19.5 Å². The molecule has 0 heterocycles. The van der Waals surface area contributed by atoms with Gasteiger partial charge in [-0.15, -0.1) is 6.58 Å². The SMILES string of the molecule is C=CCC.CCCCCCC(C)CC(F)CC.[B]C1=CC(=N/COC)/C(=C(\C)N(CC)C(CCC(CC)C(=O)OC(C)(C)C)C(C)C)C=C1F. The lowest BCUT2D eigenvalue weighted by Crippen LogP contribution is -2.39. The number of methoxy groups -OCH3 is 1. The van der Waals surface area contributed by atoms with Crippen molar-refractivity contribution in [2.24, 2.45) is 22.7 Å². The molecule has 0 fully saturated rings. The maximum atomic E-state index is 14.4. The first-order valence-corrected chi connectivity index (χ1v) is 19.3. The zero-order valence-electron chi connectivity index (χ0n) is 34.5. The molecular weight excluding hydrogens is 629 g/mol. The van der Waals surface area contributed by atoms with Gasteiger partial charge in [0.2, 0.25) is 0 Å². The highest BCUT2D eigenvalue weighted by Gasteiger charge is 2.29. The number of ether oxygens (including phenoxy) is 2. The zero-order valence-corrected chi connectivity index (χ0v) is 34.5. The molecule has 0 amide bonds. The minimum atomic E-state index is -0.568. The second-order valence-electron chi connectivity index (χ2n) is 14.8. The van der Waals surface area contributed by atoms with Gasteiger partial charge in [-0.25, -0.2) is 8.78 Å². The van der Waals surface area contributed by atoms with Crippen molar-refractivity contribution in [2.75, 3.05) is 20.4 Å². The highest BCUT2D eigenvalue weighted by atomic mass is 19.1. The van der Waals surface area contributed by atoms with Gasteiger partial charge in [-0.3, -0.25) is 9.79 Å². The third kappa shape index (κ3) is 21.9. The Labute approximate surface area is 308 Å². The standard InChI is InChI=1S/C26H42BFN2O3.C12H25F.C4H8/c1-10-19(25(31)33-26(6,7)8)12-13-24(17(3)4)30(11-2)18(5)20-14-22(28)21(27)15-23(20)29-16-32-9;1-4-6-7-8-9-11(3)10-12(13)5-2;1-3-4-2/h14-15,17,19,24H,10-13,16H2,1-9H3;11-12H,4-10H2,1-3H3;3H,1,4H2,2H3/b20-18+,29-23-;;. The lowest BCUT2D eigenvalue weighted by molar-refractivity contribution is -0.160. The average molecular weight is 705 g/mol. The van der Waals surface area contributed by atoms with Gasteiger partial charge in [0.25, 0.3) is 0 Å². The van der Waals surface area contributed by atoms with Gasteiger partial charge in [0, 0.05) is 31.0 Å². The number of aliphatic imine (C=N–C) groups is 1. The summed E-state index contributed by atoms with van der Waals surface area (Å²) < 4.78 is 38.1. The van der Waals surface area contributed by atoms with Crippen LogP contribution in [0.3, 0.4) is 0 Å². The third-order valence-corrected chi connectivity index (χ3v) is 8.79. The number of carbonyl (C=O) groups excluding carboxylic acids is 1. The van der Waals surface area contributed by atoms with E-state index < -0.39 is 17.6 Å². The van der Waals surface area contributed by atoms with E-state index in [2.05, 4.69) is 58.0 Å². The maximum absolute atomic E-state index is 14.4. The number of rotatable bonds is 20. The van der Waals surface area contributed by atoms with Gasteiger partial charge >= 0.3 is 5.97 Å². The van der Waals surface area contributed by atoms with Gasteiger partial charge in [0.05, 0.1) is 11.6 Å². The fraction of sp³-hybridized carbons (Fsp3) is 0.762. The van der Waals surface area contributed by atoms with E-state index in [0.29, 0.717) is 29.5 Å². The highest BCUT2D eigenvalue weighted by molar-refractivity contribution is 6.29. The predicted molar refractivity (Wildman–Crippen MR) is 213 cm³/mol. The minimum absolute atomic E-state index is 0.0630. The van der Waals surface area contributed by atoms with Crippen LogP contribution in [0.1, 0.15) is 154 Å². The van der Waals surface area contributed by atoms with Crippen LogP contribution >= 0.6 is 0 Å². The van der Waals surface area contributed by atoms with Crippen molar-refractivity contribution < 1.29 is 23.0 Å². The summed E-state index contributed by atoms with van der Waals surface area (Å²) in [5, 5.41) is 0. The molecule has 4 unspecified atom stereocenters. The molecule has 1 rings (SSSR count). The lowest BCUT2D eigenvalue weighted by atomic mass is 9.85. The number of unbranched alkanes of at least 4 members (excludes halogenated alkanes) is 3.